The van der Waals surface area contributed by atoms with Gasteiger partial charge in [-0.05, 0) is 55.0 Å². The molecule has 3 atom stereocenters. The number of piperidine rings is 1. The van der Waals surface area contributed by atoms with E-state index in [1.165, 1.54) is 36.4 Å². The highest BCUT2D eigenvalue weighted by Crippen LogP contribution is 2.52. The number of methoxy groups -OCH3 is 1. The van der Waals surface area contributed by atoms with E-state index in [2.05, 4.69) is 58.2 Å². The van der Waals surface area contributed by atoms with Gasteiger partial charge in [-0.1, -0.05) is 60.7 Å². The first-order valence-electron chi connectivity index (χ1n) is 12.3. The highest BCUT2D eigenvalue weighted by Gasteiger charge is 2.55. The zero-order chi connectivity index (χ0) is 25.2. The molecule has 5 rings (SSSR count). The summed E-state index contributed by atoms with van der Waals surface area (Å²) in [5.74, 6) is 0.189. The van der Waals surface area contributed by atoms with Gasteiger partial charge < -0.3 is 14.2 Å². The Morgan fingerprint density at radius 3 is 2.33 bits per heavy atom. The molecule has 2 aliphatic heterocycles. The highest BCUT2D eigenvalue weighted by atomic mass is 19.4. The van der Waals surface area contributed by atoms with Crippen LogP contribution in [-0.2, 0) is 23.4 Å². The molecule has 2 aliphatic rings. The van der Waals surface area contributed by atoms with E-state index in [1.807, 2.05) is 12.1 Å². The van der Waals surface area contributed by atoms with Gasteiger partial charge in [-0.15, -0.1) is 13.2 Å². The normalized spacial score (nSPS) is 24.0. The number of benzene rings is 3. The SMILES string of the molecule is COc1ccc(OC(F)(F)F)cc1CO[C@@H]1CC[C@H]2CC[C@]1(c1ccccc1)N2Cc1ccccc1. The second-order valence-corrected chi connectivity index (χ2v) is 9.49. The van der Waals surface area contributed by atoms with Crippen molar-refractivity contribution in [3.63, 3.8) is 0 Å². The first-order chi connectivity index (χ1) is 17.4. The van der Waals surface area contributed by atoms with Crippen LogP contribution < -0.4 is 9.47 Å². The van der Waals surface area contributed by atoms with Crippen LogP contribution in [0.5, 0.6) is 11.5 Å². The number of fused-ring (bicyclic) bond motifs is 2. The molecule has 4 nitrogen and oxygen atoms in total. The quantitative estimate of drug-likeness (QED) is 0.341. The molecular weight excluding hydrogens is 467 g/mol. The van der Waals surface area contributed by atoms with Gasteiger partial charge in [0.1, 0.15) is 11.5 Å². The Kier molecular flexibility index (Phi) is 6.95. The van der Waals surface area contributed by atoms with Crippen molar-refractivity contribution in [3.05, 3.63) is 95.6 Å². The van der Waals surface area contributed by atoms with Gasteiger partial charge >= 0.3 is 6.36 Å². The zero-order valence-corrected chi connectivity index (χ0v) is 20.2. The summed E-state index contributed by atoms with van der Waals surface area (Å²) in [5.41, 5.74) is 2.68. The molecule has 0 N–H and O–H groups in total. The number of hydrogen-bond acceptors (Lipinski definition) is 4. The van der Waals surface area contributed by atoms with E-state index >= 15 is 0 Å². The maximum absolute atomic E-state index is 12.8. The van der Waals surface area contributed by atoms with Crippen LogP contribution in [0.1, 0.15) is 42.4 Å². The van der Waals surface area contributed by atoms with Gasteiger partial charge in [0.25, 0.3) is 0 Å². The predicted octanol–water partition coefficient (Wildman–Crippen LogP) is 6.83. The van der Waals surface area contributed by atoms with Crippen LogP contribution in [0.25, 0.3) is 0 Å². The number of rotatable bonds is 8. The van der Waals surface area contributed by atoms with Crippen LogP contribution in [0, 0.1) is 0 Å². The lowest BCUT2D eigenvalue weighted by molar-refractivity contribution is -0.274. The number of alkyl halides is 3. The standard InChI is InChI=1S/C29H30F3NO3/c1-34-26-14-13-25(36-29(30,31)32)18-22(26)20-35-27-15-12-24-16-17-28(27,23-10-6-3-7-11-23)33(24)19-21-8-4-2-5-9-21/h2-11,13-14,18,24,27H,12,15-17,19-20H2,1H3/t24-,27+,28+/m0/s1. The highest BCUT2D eigenvalue weighted by molar-refractivity contribution is 5.40. The fraction of sp³-hybridized carbons (Fsp3) is 0.379. The van der Waals surface area contributed by atoms with Crippen LogP contribution in [-0.4, -0.2) is 30.5 Å². The van der Waals surface area contributed by atoms with Crippen molar-refractivity contribution in [2.45, 2.75) is 62.9 Å². The monoisotopic (exact) mass is 497 g/mol. The van der Waals surface area contributed by atoms with E-state index in [9.17, 15) is 13.2 Å². The molecular formula is C29H30F3NO3. The first-order valence-corrected chi connectivity index (χ1v) is 12.3. The molecule has 2 fully saturated rings. The van der Waals surface area contributed by atoms with Crippen LogP contribution in [0.15, 0.2) is 78.9 Å². The average Bonchev–Trinajstić information content (AvgIpc) is 3.11. The largest absolute Gasteiger partial charge is 0.573 e. The van der Waals surface area contributed by atoms with Crippen LogP contribution in [0.4, 0.5) is 13.2 Å². The summed E-state index contributed by atoms with van der Waals surface area (Å²) in [7, 11) is 1.50. The number of halogens is 3. The maximum Gasteiger partial charge on any atom is 0.573 e. The van der Waals surface area contributed by atoms with E-state index in [0.717, 1.165) is 32.2 Å². The van der Waals surface area contributed by atoms with Crippen molar-refractivity contribution in [1.29, 1.82) is 0 Å². The summed E-state index contributed by atoms with van der Waals surface area (Å²) < 4.78 is 54.6. The van der Waals surface area contributed by atoms with E-state index in [0.29, 0.717) is 17.4 Å². The Balaban J connectivity index is 1.45. The Labute approximate surface area is 209 Å². The molecule has 0 spiro atoms. The van der Waals surface area contributed by atoms with Gasteiger partial charge in [-0.2, -0.15) is 0 Å². The molecule has 36 heavy (non-hydrogen) atoms. The van der Waals surface area contributed by atoms with Crippen molar-refractivity contribution in [1.82, 2.24) is 4.90 Å². The van der Waals surface area contributed by atoms with Crippen molar-refractivity contribution >= 4 is 0 Å². The molecule has 7 heteroatoms. The van der Waals surface area contributed by atoms with Gasteiger partial charge in [0, 0.05) is 18.2 Å². The average molecular weight is 498 g/mol. The summed E-state index contributed by atoms with van der Waals surface area (Å²) in [4.78, 5) is 2.59. The molecule has 2 bridgehead atoms. The summed E-state index contributed by atoms with van der Waals surface area (Å²) in [6.07, 6.45) is -0.941. The maximum atomic E-state index is 12.8. The summed E-state index contributed by atoms with van der Waals surface area (Å²) >= 11 is 0. The third kappa shape index (κ3) is 4.95. The molecule has 190 valence electrons. The van der Waals surface area contributed by atoms with Gasteiger partial charge in [0.05, 0.1) is 25.4 Å². The predicted molar refractivity (Wildman–Crippen MR) is 131 cm³/mol. The Bertz CT molecular complexity index is 1160. The Hall–Kier alpha value is -3.03. The number of hydrogen-bond donors (Lipinski definition) is 0. The minimum absolute atomic E-state index is 0.126. The van der Waals surface area contributed by atoms with Crippen LogP contribution in [0.3, 0.4) is 0 Å². The van der Waals surface area contributed by atoms with Crippen molar-refractivity contribution in [2.24, 2.45) is 0 Å². The van der Waals surface area contributed by atoms with Crippen molar-refractivity contribution in [3.8, 4) is 11.5 Å². The fourth-order valence-electron chi connectivity index (χ4n) is 5.99. The molecule has 0 saturated carbocycles. The van der Waals surface area contributed by atoms with Crippen molar-refractivity contribution in [2.75, 3.05) is 7.11 Å². The summed E-state index contributed by atoms with van der Waals surface area (Å²) in [6, 6.07) is 25.5. The van der Waals surface area contributed by atoms with E-state index in [1.54, 1.807) is 0 Å². The van der Waals surface area contributed by atoms with E-state index < -0.39 is 6.36 Å². The van der Waals surface area contributed by atoms with Gasteiger partial charge in [0.15, 0.2) is 0 Å². The van der Waals surface area contributed by atoms with E-state index in [4.69, 9.17) is 9.47 Å². The lowest BCUT2D eigenvalue weighted by atomic mass is 9.78. The second-order valence-electron chi connectivity index (χ2n) is 9.49. The smallest absolute Gasteiger partial charge is 0.496 e. The third-order valence-electron chi connectivity index (χ3n) is 7.50. The van der Waals surface area contributed by atoms with E-state index in [-0.39, 0.29) is 24.0 Å². The van der Waals surface area contributed by atoms with Crippen molar-refractivity contribution < 1.29 is 27.4 Å². The topological polar surface area (TPSA) is 30.9 Å². The molecule has 2 heterocycles. The van der Waals surface area contributed by atoms with Crippen LogP contribution >= 0.6 is 0 Å². The fourth-order valence-corrected chi connectivity index (χ4v) is 5.99. The number of ether oxygens (including phenoxy) is 3. The first kappa shape index (κ1) is 24.7. The van der Waals surface area contributed by atoms with Crippen LogP contribution in [0.2, 0.25) is 0 Å². The number of nitrogens with zero attached hydrogens (tertiary/aromatic N) is 1. The minimum atomic E-state index is -4.76. The molecule has 0 amide bonds. The molecule has 0 aliphatic carbocycles. The Morgan fingerprint density at radius 1 is 0.917 bits per heavy atom. The molecule has 0 radical (unpaired) electrons. The molecule has 3 aromatic rings. The van der Waals surface area contributed by atoms with Gasteiger partial charge in [-0.3, -0.25) is 4.90 Å². The lowest BCUT2D eigenvalue weighted by Gasteiger charge is -2.50. The van der Waals surface area contributed by atoms with Gasteiger partial charge in [0.2, 0.25) is 0 Å². The zero-order valence-electron chi connectivity index (χ0n) is 20.2. The minimum Gasteiger partial charge on any atom is -0.496 e. The van der Waals surface area contributed by atoms with Gasteiger partial charge in [-0.25, -0.2) is 0 Å². The lowest BCUT2D eigenvalue weighted by Crippen LogP contribution is -2.56. The third-order valence-corrected chi connectivity index (χ3v) is 7.50. The summed E-state index contributed by atoms with van der Waals surface area (Å²) in [5, 5.41) is 0. The molecule has 3 aromatic carbocycles. The summed E-state index contributed by atoms with van der Waals surface area (Å²) in [6.45, 7) is 0.944. The molecule has 2 saturated heterocycles. The second kappa shape index (κ2) is 10.1. The molecule has 0 unspecified atom stereocenters. The Morgan fingerprint density at radius 2 is 1.64 bits per heavy atom. The molecule has 0 aromatic heterocycles.